The van der Waals surface area contributed by atoms with Crippen molar-refractivity contribution in [1.82, 2.24) is 0 Å². The van der Waals surface area contributed by atoms with Crippen molar-refractivity contribution in [3.63, 3.8) is 0 Å². The summed E-state index contributed by atoms with van der Waals surface area (Å²) in [7, 11) is 0. The first-order chi connectivity index (χ1) is 11.8. The molecule has 2 rings (SSSR count). The van der Waals surface area contributed by atoms with Gasteiger partial charge >= 0.3 is 11.9 Å². The monoisotopic (exact) mass is 346 g/mol. The lowest BCUT2D eigenvalue weighted by molar-refractivity contribution is -0.133. The van der Waals surface area contributed by atoms with E-state index in [0.29, 0.717) is 6.42 Å². The van der Waals surface area contributed by atoms with Gasteiger partial charge in [-0.1, -0.05) is 55.6 Å². The van der Waals surface area contributed by atoms with E-state index in [1.165, 1.54) is 6.92 Å². The molecule has 5 nitrogen and oxygen atoms in total. The van der Waals surface area contributed by atoms with E-state index in [1.807, 2.05) is 36.4 Å². The van der Waals surface area contributed by atoms with Crippen LogP contribution in [-0.2, 0) is 14.3 Å². The van der Waals surface area contributed by atoms with Crippen LogP contribution in [0.1, 0.15) is 18.9 Å². The van der Waals surface area contributed by atoms with Crippen molar-refractivity contribution in [2.24, 2.45) is 0 Å². The second kappa shape index (κ2) is 16.0. The predicted molar refractivity (Wildman–Crippen MR) is 101 cm³/mol. The Morgan fingerprint density at radius 2 is 1.52 bits per heavy atom. The van der Waals surface area contributed by atoms with Gasteiger partial charge in [0.05, 0.1) is 13.2 Å². The van der Waals surface area contributed by atoms with E-state index in [0.717, 1.165) is 18.8 Å². The summed E-state index contributed by atoms with van der Waals surface area (Å²) in [5.41, 5.74) is 1.44. The molecule has 2 N–H and O–H groups in total. The van der Waals surface area contributed by atoms with Gasteiger partial charge in [0.25, 0.3) is 0 Å². The van der Waals surface area contributed by atoms with Crippen LogP contribution in [0.3, 0.4) is 0 Å². The van der Waals surface area contributed by atoms with E-state index in [9.17, 15) is 9.59 Å². The van der Waals surface area contributed by atoms with Gasteiger partial charge < -0.3 is 14.9 Å². The number of carbonyl (C=O) groups is 2. The highest BCUT2D eigenvalue weighted by atomic mass is 16.6. The number of carboxylic acids is 2. The molecule has 1 fully saturated rings. The normalized spacial score (nSPS) is 10.6. The molecule has 0 atom stereocenters. The minimum atomic E-state index is -0.942. The summed E-state index contributed by atoms with van der Waals surface area (Å²) >= 11 is 0. The zero-order chi connectivity index (χ0) is 19.7. The molecule has 0 spiro atoms. The van der Waals surface area contributed by atoms with Crippen molar-refractivity contribution in [3.8, 4) is 0 Å². The highest BCUT2D eigenvalue weighted by Crippen LogP contribution is 2.05. The van der Waals surface area contributed by atoms with E-state index >= 15 is 0 Å². The lowest BCUT2D eigenvalue weighted by atomic mass is 10.1. The molecular formula is C20H26O5. The van der Waals surface area contributed by atoms with Crippen molar-refractivity contribution in [2.75, 3.05) is 13.2 Å². The molecule has 25 heavy (non-hydrogen) atoms. The van der Waals surface area contributed by atoms with Crippen molar-refractivity contribution in [1.29, 1.82) is 0 Å². The summed E-state index contributed by atoms with van der Waals surface area (Å²) in [6.45, 7) is 16.0. The number of benzene rings is 1. The standard InChI is InChI=1S/C12H12O2.C4H6O2.C2H4O.C2H4/c1-10(12(13)14)6-5-9-11-7-3-2-4-8-11;1-3(2)4(5)6;1-2-3-1;1-2/h2-5,7-9H,1,6H2,(H,13,14);1H2,2H3,(H,5,6);1-2H2;1-2H2. The Bertz CT molecular complexity index is 556. The molecule has 136 valence electrons. The second-order valence-electron chi connectivity index (χ2n) is 4.62. The summed E-state index contributed by atoms with van der Waals surface area (Å²) in [4.78, 5) is 20.0. The molecule has 1 aliphatic heterocycles. The smallest absolute Gasteiger partial charge is 0.331 e. The van der Waals surface area contributed by atoms with Gasteiger partial charge in [-0.2, -0.15) is 0 Å². The molecule has 1 aliphatic rings. The van der Waals surface area contributed by atoms with Gasteiger partial charge in [0.2, 0.25) is 0 Å². The SMILES string of the molecule is C1CO1.C=C.C=C(C)C(=O)O.C=C(CC=Cc1ccccc1)C(=O)O. The fourth-order valence-electron chi connectivity index (χ4n) is 0.989. The van der Waals surface area contributed by atoms with Crippen molar-refractivity contribution in [3.05, 3.63) is 79.4 Å². The van der Waals surface area contributed by atoms with Crippen LogP contribution in [0.25, 0.3) is 6.08 Å². The fraction of sp³-hybridized carbons (Fsp3) is 0.200. The van der Waals surface area contributed by atoms with Crippen LogP contribution in [0.5, 0.6) is 0 Å². The Labute approximate surface area is 149 Å². The zero-order valence-corrected chi connectivity index (χ0v) is 14.6. The van der Waals surface area contributed by atoms with Crippen molar-refractivity contribution >= 4 is 18.0 Å². The molecule has 1 heterocycles. The third kappa shape index (κ3) is 19.0. The fourth-order valence-corrected chi connectivity index (χ4v) is 0.989. The van der Waals surface area contributed by atoms with Gasteiger partial charge in [-0.25, -0.2) is 9.59 Å². The Morgan fingerprint density at radius 1 is 1.08 bits per heavy atom. The van der Waals surface area contributed by atoms with Crippen LogP contribution in [0.4, 0.5) is 0 Å². The van der Waals surface area contributed by atoms with E-state index in [1.54, 1.807) is 6.08 Å². The maximum atomic E-state index is 10.4. The largest absolute Gasteiger partial charge is 0.478 e. The van der Waals surface area contributed by atoms with Gasteiger partial charge in [-0.15, -0.1) is 13.2 Å². The topological polar surface area (TPSA) is 87.1 Å². The number of ether oxygens (including phenoxy) is 1. The molecule has 5 heteroatoms. The molecule has 0 unspecified atom stereocenters. The molecule has 0 bridgehead atoms. The third-order valence-corrected chi connectivity index (χ3v) is 2.35. The van der Waals surface area contributed by atoms with Gasteiger partial charge in [-0.3, -0.25) is 0 Å². The highest BCUT2D eigenvalue weighted by molar-refractivity contribution is 5.86. The van der Waals surface area contributed by atoms with Gasteiger partial charge in [-0.05, 0) is 18.9 Å². The highest BCUT2D eigenvalue weighted by Gasteiger charge is 1.99. The second-order valence-corrected chi connectivity index (χ2v) is 4.62. The van der Waals surface area contributed by atoms with Crippen LogP contribution in [0.15, 0.2) is 73.9 Å². The Kier molecular flexibility index (Phi) is 15.5. The molecule has 1 saturated heterocycles. The van der Waals surface area contributed by atoms with E-state index in [2.05, 4.69) is 31.1 Å². The Hall–Kier alpha value is -2.92. The average Bonchev–Trinajstić information content (AvgIpc) is 3.47. The third-order valence-electron chi connectivity index (χ3n) is 2.35. The first-order valence-electron chi connectivity index (χ1n) is 7.43. The van der Waals surface area contributed by atoms with Crippen LogP contribution in [0, 0.1) is 0 Å². The number of hydrogen-bond acceptors (Lipinski definition) is 3. The van der Waals surface area contributed by atoms with Crippen LogP contribution in [0.2, 0.25) is 0 Å². The van der Waals surface area contributed by atoms with E-state index in [-0.39, 0.29) is 11.1 Å². The molecule has 1 aromatic carbocycles. The molecule has 0 aliphatic carbocycles. The molecule has 0 aromatic heterocycles. The van der Waals surface area contributed by atoms with Gasteiger partial charge in [0, 0.05) is 11.1 Å². The molecular weight excluding hydrogens is 320 g/mol. The first-order valence-corrected chi connectivity index (χ1v) is 7.43. The van der Waals surface area contributed by atoms with Crippen LogP contribution in [-0.4, -0.2) is 35.4 Å². The van der Waals surface area contributed by atoms with E-state index in [4.69, 9.17) is 10.2 Å². The number of carboxylic acid groups (broad SMARTS) is 2. The number of allylic oxidation sites excluding steroid dienone is 1. The molecule has 0 radical (unpaired) electrons. The quantitative estimate of drug-likeness (QED) is 0.474. The van der Waals surface area contributed by atoms with E-state index < -0.39 is 11.9 Å². The lowest BCUT2D eigenvalue weighted by Gasteiger charge is -1.93. The summed E-state index contributed by atoms with van der Waals surface area (Å²) in [5.74, 6) is -1.88. The lowest BCUT2D eigenvalue weighted by Crippen LogP contribution is -1.96. The summed E-state index contributed by atoms with van der Waals surface area (Å²) in [6.07, 6.45) is 4.06. The summed E-state index contributed by atoms with van der Waals surface area (Å²) in [6, 6.07) is 9.73. The van der Waals surface area contributed by atoms with Crippen LogP contribution < -0.4 is 0 Å². The average molecular weight is 346 g/mol. The maximum absolute atomic E-state index is 10.4. The first kappa shape index (κ1) is 24.3. The number of aliphatic carboxylic acids is 2. The van der Waals surface area contributed by atoms with Gasteiger partial charge in [0.1, 0.15) is 0 Å². The van der Waals surface area contributed by atoms with Crippen molar-refractivity contribution < 1.29 is 24.5 Å². The number of rotatable bonds is 5. The Balaban J connectivity index is 0. The minimum absolute atomic E-state index is 0.176. The molecule has 0 amide bonds. The Morgan fingerprint density at radius 3 is 1.84 bits per heavy atom. The minimum Gasteiger partial charge on any atom is -0.478 e. The van der Waals surface area contributed by atoms with Crippen molar-refractivity contribution in [2.45, 2.75) is 13.3 Å². The zero-order valence-electron chi connectivity index (χ0n) is 14.6. The summed E-state index contributed by atoms with van der Waals surface area (Å²) in [5, 5.41) is 16.4. The number of epoxide rings is 1. The van der Waals surface area contributed by atoms with Gasteiger partial charge in [0.15, 0.2) is 0 Å². The number of hydrogen-bond donors (Lipinski definition) is 2. The van der Waals surface area contributed by atoms with Crippen LogP contribution >= 0.6 is 0 Å². The maximum Gasteiger partial charge on any atom is 0.331 e. The summed E-state index contributed by atoms with van der Waals surface area (Å²) < 4.78 is 4.50. The predicted octanol–water partition coefficient (Wildman–Crippen LogP) is 4.20. The molecule has 1 aromatic rings. The molecule has 0 saturated carbocycles.